The van der Waals surface area contributed by atoms with Crippen LogP contribution in [0.2, 0.25) is 0 Å². The molecule has 0 fully saturated rings. The van der Waals surface area contributed by atoms with Crippen molar-refractivity contribution in [3.8, 4) is 0 Å². The number of methoxy groups -OCH3 is 1. The Morgan fingerprint density at radius 2 is 1.75 bits per heavy atom. The number of ether oxygens (including phenoxy) is 1. The summed E-state index contributed by atoms with van der Waals surface area (Å²) in [5.74, 6) is -0.363. The van der Waals surface area contributed by atoms with E-state index in [1.165, 1.54) is 0 Å². The lowest BCUT2D eigenvalue weighted by atomic mass is 10.1. The van der Waals surface area contributed by atoms with Crippen molar-refractivity contribution < 1.29 is 14.3 Å². The summed E-state index contributed by atoms with van der Waals surface area (Å²) in [6.45, 7) is 3.04. The molecule has 2 amide bonds. The molecule has 0 aliphatic rings. The first-order valence-corrected chi connectivity index (χ1v) is 7.86. The third-order valence-electron chi connectivity index (χ3n) is 3.59. The predicted octanol–water partition coefficient (Wildman–Crippen LogP) is 3.01. The lowest BCUT2D eigenvalue weighted by molar-refractivity contribution is 0.0947. The van der Waals surface area contributed by atoms with Gasteiger partial charge in [-0.3, -0.25) is 9.59 Å². The van der Waals surface area contributed by atoms with Gasteiger partial charge in [0.25, 0.3) is 11.8 Å². The summed E-state index contributed by atoms with van der Waals surface area (Å²) < 4.78 is 4.95. The molecule has 0 bridgehead atoms. The zero-order valence-electron chi connectivity index (χ0n) is 14.0. The lowest BCUT2D eigenvalue weighted by Crippen LogP contribution is -2.25. The van der Waals surface area contributed by atoms with Gasteiger partial charge >= 0.3 is 0 Å². The van der Waals surface area contributed by atoms with Crippen LogP contribution in [0.15, 0.2) is 48.5 Å². The van der Waals surface area contributed by atoms with Gasteiger partial charge in [0, 0.05) is 37.1 Å². The van der Waals surface area contributed by atoms with Crippen molar-refractivity contribution in [3.63, 3.8) is 0 Å². The Hall–Kier alpha value is -2.66. The van der Waals surface area contributed by atoms with Crippen LogP contribution in [-0.2, 0) is 4.74 Å². The topological polar surface area (TPSA) is 67.4 Å². The maximum absolute atomic E-state index is 12.3. The van der Waals surface area contributed by atoms with Gasteiger partial charge in [0.15, 0.2) is 0 Å². The minimum atomic E-state index is -0.198. The Balaban J connectivity index is 2.05. The first-order valence-electron chi connectivity index (χ1n) is 7.86. The fraction of sp³-hybridized carbons (Fsp3) is 0.263. The van der Waals surface area contributed by atoms with E-state index < -0.39 is 0 Å². The second-order valence-electron chi connectivity index (χ2n) is 5.45. The van der Waals surface area contributed by atoms with Crippen LogP contribution in [-0.4, -0.2) is 32.1 Å². The van der Waals surface area contributed by atoms with Crippen molar-refractivity contribution in [2.75, 3.05) is 25.6 Å². The molecule has 2 aromatic rings. The quantitative estimate of drug-likeness (QED) is 0.769. The SMILES string of the molecule is COCCCNC(=O)c1ccc(C)c(NC(=O)c2ccccc2)c1. The van der Waals surface area contributed by atoms with E-state index in [0.29, 0.717) is 30.0 Å². The van der Waals surface area contributed by atoms with Crippen LogP contribution in [0.3, 0.4) is 0 Å². The monoisotopic (exact) mass is 326 g/mol. The number of aryl methyl sites for hydroxylation is 1. The maximum atomic E-state index is 12.3. The Kier molecular flexibility index (Phi) is 6.51. The van der Waals surface area contributed by atoms with Crippen LogP contribution in [0.25, 0.3) is 0 Å². The Morgan fingerprint density at radius 3 is 2.46 bits per heavy atom. The first-order chi connectivity index (χ1) is 11.6. The molecule has 126 valence electrons. The molecule has 0 saturated heterocycles. The standard InChI is InChI=1S/C19H22N2O3/c1-14-9-10-16(18(22)20-11-6-12-24-2)13-17(14)21-19(23)15-7-4-3-5-8-15/h3-5,7-10,13H,6,11-12H2,1-2H3,(H,20,22)(H,21,23). The molecule has 5 nitrogen and oxygen atoms in total. The maximum Gasteiger partial charge on any atom is 0.255 e. The molecule has 0 atom stereocenters. The zero-order chi connectivity index (χ0) is 17.4. The molecule has 0 aliphatic heterocycles. The van der Waals surface area contributed by atoms with E-state index >= 15 is 0 Å². The Morgan fingerprint density at radius 1 is 1.00 bits per heavy atom. The Bertz CT molecular complexity index is 699. The molecule has 0 saturated carbocycles. The molecule has 0 spiro atoms. The lowest BCUT2D eigenvalue weighted by Gasteiger charge is -2.11. The largest absolute Gasteiger partial charge is 0.385 e. The second-order valence-corrected chi connectivity index (χ2v) is 5.45. The molecule has 2 N–H and O–H groups in total. The van der Waals surface area contributed by atoms with Gasteiger partial charge in [-0.15, -0.1) is 0 Å². The van der Waals surface area contributed by atoms with Crippen LogP contribution in [0.1, 0.15) is 32.7 Å². The normalized spacial score (nSPS) is 10.2. The third-order valence-corrected chi connectivity index (χ3v) is 3.59. The highest BCUT2D eigenvalue weighted by molar-refractivity contribution is 6.05. The van der Waals surface area contributed by atoms with Crippen molar-refractivity contribution in [2.45, 2.75) is 13.3 Å². The summed E-state index contributed by atoms with van der Waals surface area (Å²) in [7, 11) is 1.63. The van der Waals surface area contributed by atoms with Gasteiger partial charge < -0.3 is 15.4 Å². The zero-order valence-corrected chi connectivity index (χ0v) is 14.0. The van der Waals surface area contributed by atoms with Gasteiger partial charge in [-0.1, -0.05) is 24.3 Å². The molecule has 0 radical (unpaired) electrons. The van der Waals surface area contributed by atoms with Crippen molar-refractivity contribution in [1.82, 2.24) is 5.32 Å². The van der Waals surface area contributed by atoms with Crippen LogP contribution in [0, 0.1) is 6.92 Å². The van der Waals surface area contributed by atoms with E-state index in [0.717, 1.165) is 12.0 Å². The first kappa shape index (κ1) is 17.7. The highest BCUT2D eigenvalue weighted by atomic mass is 16.5. The van der Waals surface area contributed by atoms with Crippen LogP contribution < -0.4 is 10.6 Å². The van der Waals surface area contributed by atoms with Crippen molar-refractivity contribution in [2.24, 2.45) is 0 Å². The van der Waals surface area contributed by atoms with Gasteiger partial charge in [0.05, 0.1) is 0 Å². The molecular weight excluding hydrogens is 304 g/mol. The van der Waals surface area contributed by atoms with Crippen molar-refractivity contribution in [3.05, 3.63) is 65.2 Å². The molecule has 0 aromatic heterocycles. The van der Waals surface area contributed by atoms with Crippen LogP contribution >= 0.6 is 0 Å². The van der Waals surface area contributed by atoms with Crippen molar-refractivity contribution in [1.29, 1.82) is 0 Å². The smallest absolute Gasteiger partial charge is 0.255 e. The average molecular weight is 326 g/mol. The number of hydrogen-bond acceptors (Lipinski definition) is 3. The summed E-state index contributed by atoms with van der Waals surface area (Å²) in [6, 6.07) is 14.2. The molecule has 5 heteroatoms. The summed E-state index contributed by atoms with van der Waals surface area (Å²) in [5, 5.41) is 5.69. The van der Waals surface area contributed by atoms with Gasteiger partial charge in [-0.05, 0) is 43.2 Å². The summed E-state index contributed by atoms with van der Waals surface area (Å²) in [6.07, 6.45) is 0.756. The van der Waals surface area contributed by atoms with Crippen LogP contribution in [0.5, 0.6) is 0 Å². The average Bonchev–Trinajstić information content (AvgIpc) is 2.61. The molecule has 2 rings (SSSR count). The number of benzene rings is 2. The van der Waals surface area contributed by atoms with Gasteiger partial charge in [0.1, 0.15) is 0 Å². The van der Waals surface area contributed by atoms with E-state index in [1.807, 2.05) is 31.2 Å². The fourth-order valence-electron chi connectivity index (χ4n) is 2.20. The predicted molar refractivity (Wildman–Crippen MR) is 94.4 cm³/mol. The Labute approximate surface area is 142 Å². The molecule has 0 unspecified atom stereocenters. The number of rotatable bonds is 7. The highest BCUT2D eigenvalue weighted by Gasteiger charge is 2.11. The third kappa shape index (κ3) is 4.93. The number of nitrogens with one attached hydrogen (secondary N) is 2. The van der Waals surface area contributed by atoms with E-state index in [2.05, 4.69) is 10.6 Å². The van der Waals surface area contributed by atoms with E-state index in [-0.39, 0.29) is 11.8 Å². The summed E-state index contributed by atoms with van der Waals surface area (Å²) >= 11 is 0. The fourth-order valence-corrected chi connectivity index (χ4v) is 2.20. The molecule has 0 heterocycles. The molecule has 0 aliphatic carbocycles. The van der Waals surface area contributed by atoms with Crippen LogP contribution in [0.4, 0.5) is 5.69 Å². The minimum Gasteiger partial charge on any atom is -0.385 e. The molecular formula is C19H22N2O3. The highest BCUT2D eigenvalue weighted by Crippen LogP contribution is 2.18. The van der Waals surface area contributed by atoms with Gasteiger partial charge in [-0.2, -0.15) is 0 Å². The van der Waals surface area contributed by atoms with Crippen molar-refractivity contribution >= 4 is 17.5 Å². The van der Waals surface area contributed by atoms with Gasteiger partial charge in [-0.25, -0.2) is 0 Å². The number of hydrogen-bond donors (Lipinski definition) is 2. The summed E-state index contributed by atoms with van der Waals surface area (Å²) in [5.41, 5.74) is 2.62. The van der Waals surface area contributed by atoms with E-state index in [4.69, 9.17) is 4.74 Å². The second kappa shape index (κ2) is 8.84. The molecule has 24 heavy (non-hydrogen) atoms. The minimum absolute atomic E-state index is 0.165. The number of amides is 2. The van der Waals surface area contributed by atoms with E-state index in [9.17, 15) is 9.59 Å². The number of carbonyl (C=O) groups is 2. The number of anilines is 1. The number of carbonyl (C=O) groups excluding carboxylic acids is 2. The van der Waals surface area contributed by atoms with Gasteiger partial charge in [0.2, 0.25) is 0 Å². The summed E-state index contributed by atoms with van der Waals surface area (Å²) in [4.78, 5) is 24.4. The molecule has 2 aromatic carbocycles. The van der Waals surface area contributed by atoms with E-state index in [1.54, 1.807) is 31.4 Å².